The van der Waals surface area contributed by atoms with Gasteiger partial charge in [-0.1, -0.05) is 13.3 Å². The fourth-order valence-corrected chi connectivity index (χ4v) is 2.01. The molecule has 1 heterocycles. The molecule has 18 heavy (non-hydrogen) atoms. The lowest BCUT2D eigenvalue weighted by Gasteiger charge is -2.14. The highest BCUT2D eigenvalue weighted by Gasteiger charge is 2.31. The maximum Gasteiger partial charge on any atom is 0.339 e. The first-order chi connectivity index (χ1) is 8.67. The van der Waals surface area contributed by atoms with Gasteiger partial charge in [0.25, 0.3) is 0 Å². The van der Waals surface area contributed by atoms with Crippen LogP contribution in [0.1, 0.15) is 66.5 Å². The third-order valence-corrected chi connectivity index (χ3v) is 3.15. The Labute approximate surface area is 106 Å². The van der Waals surface area contributed by atoms with Crippen LogP contribution in [0.25, 0.3) is 0 Å². The predicted octanol–water partition coefficient (Wildman–Crippen LogP) is 2.54. The molecule has 0 aromatic carbocycles. The van der Waals surface area contributed by atoms with Crippen LogP contribution in [0.15, 0.2) is 6.20 Å². The predicted molar refractivity (Wildman–Crippen MR) is 65.6 cm³/mol. The molecule has 1 N–H and O–H groups in total. The Kier molecular flexibility index (Phi) is 3.91. The Bertz CT molecular complexity index is 444. The topological polar surface area (TPSA) is 72.3 Å². The lowest BCUT2D eigenvalue weighted by Crippen LogP contribution is -2.12. The van der Waals surface area contributed by atoms with Crippen molar-refractivity contribution in [3.05, 3.63) is 23.3 Å². The van der Waals surface area contributed by atoms with Gasteiger partial charge < -0.3 is 9.84 Å². The van der Waals surface area contributed by atoms with Crippen LogP contribution in [-0.2, 0) is 4.74 Å². The van der Waals surface area contributed by atoms with Gasteiger partial charge in [-0.15, -0.1) is 0 Å². The van der Waals surface area contributed by atoms with Crippen molar-refractivity contribution in [2.75, 3.05) is 7.11 Å². The van der Waals surface area contributed by atoms with Crippen molar-refractivity contribution in [1.29, 1.82) is 0 Å². The van der Waals surface area contributed by atoms with E-state index in [0.29, 0.717) is 11.5 Å². The van der Waals surface area contributed by atoms with Gasteiger partial charge in [0, 0.05) is 19.2 Å². The molecule has 98 valence electrons. The molecule has 1 aromatic heterocycles. The first-order valence-electron chi connectivity index (χ1n) is 6.30. The van der Waals surface area contributed by atoms with E-state index in [1.54, 1.807) is 7.11 Å². The average Bonchev–Trinajstić information content (AvgIpc) is 3.19. The molecule has 0 bridgehead atoms. The minimum Gasteiger partial charge on any atom is -0.478 e. The quantitative estimate of drug-likeness (QED) is 0.840. The van der Waals surface area contributed by atoms with Crippen LogP contribution in [-0.4, -0.2) is 28.2 Å². The smallest absolute Gasteiger partial charge is 0.339 e. The van der Waals surface area contributed by atoms with Crippen molar-refractivity contribution in [2.45, 2.75) is 44.6 Å². The highest BCUT2D eigenvalue weighted by atomic mass is 16.5. The van der Waals surface area contributed by atoms with E-state index in [4.69, 9.17) is 9.84 Å². The molecule has 1 fully saturated rings. The number of aromatic carboxylic acids is 1. The van der Waals surface area contributed by atoms with Crippen molar-refractivity contribution >= 4 is 5.97 Å². The lowest BCUT2D eigenvalue weighted by atomic mass is 10.1. The molecule has 1 aliphatic carbocycles. The van der Waals surface area contributed by atoms with Gasteiger partial charge in [0.1, 0.15) is 6.10 Å². The van der Waals surface area contributed by atoms with E-state index >= 15 is 0 Å². The van der Waals surface area contributed by atoms with E-state index in [2.05, 4.69) is 16.9 Å². The maximum atomic E-state index is 11.1. The molecule has 0 radical (unpaired) electrons. The molecule has 1 saturated carbocycles. The molecule has 2 rings (SSSR count). The van der Waals surface area contributed by atoms with Crippen LogP contribution < -0.4 is 0 Å². The molecule has 0 saturated heterocycles. The van der Waals surface area contributed by atoms with Crippen LogP contribution in [0.4, 0.5) is 0 Å². The summed E-state index contributed by atoms with van der Waals surface area (Å²) in [5.41, 5.74) is 0.901. The highest BCUT2D eigenvalue weighted by Crippen LogP contribution is 2.40. The molecular weight excluding hydrogens is 232 g/mol. The number of rotatable bonds is 6. The molecule has 0 spiro atoms. The van der Waals surface area contributed by atoms with E-state index < -0.39 is 5.97 Å². The minimum absolute atomic E-state index is 0.143. The van der Waals surface area contributed by atoms with Crippen LogP contribution in [0.2, 0.25) is 0 Å². The van der Waals surface area contributed by atoms with Gasteiger partial charge in [0.15, 0.2) is 5.82 Å². The van der Waals surface area contributed by atoms with Crippen molar-refractivity contribution in [2.24, 2.45) is 0 Å². The zero-order chi connectivity index (χ0) is 13.1. The summed E-state index contributed by atoms with van der Waals surface area (Å²) in [6.07, 6.45) is 5.12. The number of methoxy groups -OCH3 is 1. The molecule has 1 aromatic rings. The van der Waals surface area contributed by atoms with E-state index in [9.17, 15) is 4.79 Å². The zero-order valence-electron chi connectivity index (χ0n) is 10.7. The SMILES string of the molecule is CCCC(OC)c1ncc(C(=O)O)c(C2CC2)n1. The first-order valence-corrected chi connectivity index (χ1v) is 6.30. The summed E-state index contributed by atoms with van der Waals surface area (Å²) >= 11 is 0. The third kappa shape index (κ3) is 2.67. The summed E-state index contributed by atoms with van der Waals surface area (Å²) in [6, 6.07) is 0. The van der Waals surface area contributed by atoms with Gasteiger partial charge >= 0.3 is 5.97 Å². The second-order valence-corrected chi connectivity index (χ2v) is 4.62. The molecule has 5 heteroatoms. The van der Waals surface area contributed by atoms with Crippen molar-refractivity contribution in [1.82, 2.24) is 9.97 Å². The first kappa shape index (κ1) is 13.0. The van der Waals surface area contributed by atoms with Crippen LogP contribution in [0.3, 0.4) is 0 Å². The number of carboxylic acid groups (broad SMARTS) is 1. The zero-order valence-corrected chi connectivity index (χ0v) is 10.7. The van der Waals surface area contributed by atoms with Gasteiger partial charge in [-0.3, -0.25) is 0 Å². The highest BCUT2D eigenvalue weighted by molar-refractivity contribution is 5.88. The molecule has 0 aliphatic heterocycles. The van der Waals surface area contributed by atoms with E-state index in [1.807, 2.05) is 0 Å². The number of nitrogens with zero attached hydrogens (tertiary/aromatic N) is 2. The summed E-state index contributed by atoms with van der Waals surface area (Å²) in [5.74, 6) is -0.0591. The summed E-state index contributed by atoms with van der Waals surface area (Å²) in [4.78, 5) is 19.7. The van der Waals surface area contributed by atoms with Crippen molar-refractivity contribution in [3.8, 4) is 0 Å². The maximum absolute atomic E-state index is 11.1. The normalized spacial score (nSPS) is 16.6. The summed E-state index contributed by atoms with van der Waals surface area (Å²) in [5, 5.41) is 9.12. The largest absolute Gasteiger partial charge is 0.478 e. The molecule has 1 aliphatic rings. The van der Waals surface area contributed by atoms with Crippen LogP contribution >= 0.6 is 0 Å². The van der Waals surface area contributed by atoms with Crippen LogP contribution in [0.5, 0.6) is 0 Å². The van der Waals surface area contributed by atoms with Gasteiger partial charge in [-0.2, -0.15) is 0 Å². The number of aromatic nitrogens is 2. The second kappa shape index (κ2) is 5.44. The number of hydrogen-bond acceptors (Lipinski definition) is 4. The van der Waals surface area contributed by atoms with Crippen molar-refractivity contribution < 1.29 is 14.6 Å². The van der Waals surface area contributed by atoms with Gasteiger partial charge in [-0.05, 0) is 19.3 Å². The lowest BCUT2D eigenvalue weighted by molar-refractivity contribution is 0.0691. The Hall–Kier alpha value is -1.49. The fourth-order valence-electron chi connectivity index (χ4n) is 2.01. The Balaban J connectivity index is 2.33. The summed E-state index contributed by atoms with van der Waals surface area (Å²) in [6.45, 7) is 2.07. The number of carboxylic acids is 1. The molecule has 5 nitrogen and oxygen atoms in total. The fraction of sp³-hybridized carbons (Fsp3) is 0.615. The molecule has 1 unspecified atom stereocenters. The third-order valence-electron chi connectivity index (χ3n) is 3.15. The number of carbonyl (C=O) groups is 1. The average molecular weight is 250 g/mol. The molecular formula is C13H18N2O3. The van der Waals surface area contributed by atoms with Crippen molar-refractivity contribution in [3.63, 3.8) is 0 Å². The minimum atomic E-state index is -0.951. The van der Waals surface area contributed by atoms with E-state index in [1.165, 1.54) is 6.20 Å². The van der Waals surface area contributed by atoms with Gasteiger partial charge in [0.05, 0.1) is 11.3 Å². The Morgan fingerprint density at radius 2 is 2.33 bits per heavy atom. The van der Waals surface area contributed by atoms with E-state index in [0.717, 1.165) is 25.7 Å². The number of ether oxygens (including phenoxy) is 1. The standard InChI is InChI=1S/C13H18N2O3/c1-3-4-10(18-2)12-14-7-9(13(16)17)11(15-12)8-5-6-8/h7-8,10H,3-6H2,1-2H3,(H,16,17). The van der Waals surface area contributed by atoms with Gasteiger partial charge in [0.2, 0.25) is 0 Å². The number of hydrogen-bond donors (Lipinski definition) is 1. The Morgan fingerprint density at radius 1 is 1.61 bits per heavy atom. The van der Waals surface area contributed by atoms with E-state index in [-0.39, 0.29) is 17.6 Å². The Morgan fingerprint density at radius 3 is 2.83 bits per heavy atom. The second-order valence-electron chi connectivity index (χ2n) is 4.62. The van der Waals surface area contributed by atoms with Crippen LogP contribution in [0, 0.1) is 0 Å². The monoisotopic (exact) mass is 250 g/mol. The summed E-state index contributed by atoms with van der Waals surface area (Å²) in [7, 11) is 1.63. The molecule has 0 amide bonds. The van der Waals surface area contributed by atoms with Gasteiger partial charge in [-0.25, -0.2) is 14.8 Å². The molecule has 1 atom stereocenters. The summed E-state index contributed by atoms with van der Waals surface area (Å²) < 4.78 is 5.36.